The monoisotopic (exact) mass is 242 g/mol. The van der Waals surface area contributed by atoms with E-state index in [1.54, 1.807) is 11.8 Å². The second-order valence-electron chi connectivity index (χ2n) is 2.96. The predicted octanol–water partition coefficient (Wildman–Crippen LogP) is 3.31. The summed E-state index contributed by atoms with van der Waals surface area (Å²) < 4.78 is 10.5. The van der Waals surface area contributed by atoms with Crippen LogP contribution < -0.4 is 4.74 Å². The average Bonchev–Trinajstić information content (AvgIpc) is 2.65. The molecule has 1 heterocycles. The molecule has 0 saturated carbocycles. The van der Waals surface area contributed by atoms with Gasteiger partial charge in [-0.1, -0.05) is 13.8 Å². The summed E-state index contributed by atoms with van der Waals surface area (Å²) in [5, 5.41) is 9.01. The molecule has 0 N–H and O–H groups in total. The van der Waals surface area contributed by atoms with Crippen molar-refractivity contribution in [3.63, 3.8) is 0 Å². The SMILES string of the molecule is CCCOc1nsc(SCCC)c1C#N. The lowest BCUT2D eigenvalue weighted by Gasteiger charge is -1.99. The zero-order chi connectivity index (χ0) is 11.1. The summed E-state index contributed by atoms with van der Waals surface area (Å²) in [6.07, 6.45) is 2.03. The summed E-state index contributed by atoms with van der Waals surface area (Å²) in [5.74, 6) is 1.52. The molecule has 0 aliphatic rings. The van der Waals surface area contributed by atoms with Crippen LogP contribution in [0.1, 0.15) is 32.3 Å². The fourth-order valence-electron chi connectivity index (χ4n) is 0.946. The smallest absolute Gasteiger partial charge is 0.244 e. The Morgan fingerprint density at radius 3 is 2.87 bits per heavy atom. The highest BCUT2D eigenvalue weighted by atomic mass is 32.2. The van der Waals surface area contributed by atoms with Crippen LogP contribution >= 0.6 is 23.3 Å². The highest BCUT2D eigenvalue weighted by molar-refractivity contribution is 8.01. The molecule has 0 aliphatic carbocycles. The Labute approximate surface area is 98.6 Å². The lowest BCUT2D eigenvalue weighted by molar-refractivity contribution is 0.307. The largest absolute Gasteiger partial charge is 0.476 e. The van der Waals surface area contributed by atoms with E-state index in [0.717, 1.165) is 22.8 Å². The molecule has 82 valence electrons. The Morgan fingerprint density at radius 2 is 2.27 bits per heavy atom. The first-order chi connectivity index (χ1) is 7.33. The molecule has 0 amide bonds. The van der Waals surface area contributed by atoms with E-state index in [2.05, 4.69) is 17.4 Å². The lowest BCUT2D eigenvalue weighted by atomic mass is 10.4. The molecule has 0 radical (unpaired) electrons. The maximum Gasteiger partial charge on any atom is 0.244 e. The average molecular weight is 242 g/mol. The van der Waals surface area contributed by atoms with Crippen molar-refractivity contribution in [2.45, 2.75) is 30.9 Å². The first-order valence-corrected chi connectivity index (χ1v) is 6.74. The van der Waals surface area contributed by atoms with Gasteiger partial charge in [-0.05, 0) is 30.1 Å². The van der Waals surface area contributed by atoms with Crippen molar-refractivity contribution in [3.8, 4) is 11.9 Å². The molecule has 0 atom stereocenters. The van der Waals surface area contributed by atoms with Crippen LogP contribution in [0.25, 0.3) is 0 Å². The Morgan fingerprint density at radius 1 is 1.47 bits per heavy atom. The molecule has 0 spiro atoms. The Balaban J connectivity index is 2.72. The highest BCUT2D eigenvalue weighted by Gasteiger charge is 2.14. The van der Waals surface area contributed by atoms with E-state index in [-0.39, 0.29) is 0 Å². The van der Waals surface area contributed by atoms with Gasteiger partial charge in [0.25, 0.3) is 0 Å². The van der Waals surface area contributed by atoms with Crippen molar-refractivity contribution in [2.75, 3.05) is 12.4 Å². The molecule has 0 aromatic carbocycles. The Kier molecular flexibility index (Phi) is 5.51. The van der Waals surface area contributed by atoms with Gasteiger partial charge in [-0.3, -0.25) is 0 Å². The van der Waals surface area contributed by atoms with Gasteiger partial charge < -0.3 is 4.74 Å². The van der Waals surface area contributed by atoms with Crippen LogP contribution in [0.15, 0.2) is 4.21 Å². The summed E-state index contributed by atoms with van der Waals surface area (Å²) in [6, 6.07) is 2.16. The van der Waals surface area contributed by atoms with Crippen LogP contribution in [0.2, 0.25) is 0 Å². The molecular weight excluding hydrogens is 228 g/mol. The summed E-state index contributed by atoms with van der Waals surface area (Å²) in [6.45, 7) is 4.77. The molecule has 1 aromatic heterocycles. The summed E-state index contributed by atoms with van der Waals surface area (Å²) in [4.78, 5) is 0. The van der Waals surface area contributed by atoms with Crippen LogP contribution in [0.3, 0.4) is 0 Å². The normalized spacial score (nSPS) is 9.93. The summed E-state index contributed by atoms with van der Waals surface area (Å²) in [5.41, 5.74) is 0.604. The third kappa shape index (κ3) is 3.40. The van der Waals surface area contributed by atoms with Crippen molar-refractivity contribution in [3.05, 3.63) is 5.56 Å². The van der Waals surface area contributed by atoms with E-state index in [9.17, 15) is 0 Å². The fourth-order valence-corrected chi connectivity index (χ4v) is 2.72. The van der Waals surface area contributed by atoms with E-state index in [4.69, 9.17) is 10.00 Å². The Hall–Kier alpha value is -0.730. The number of nitrogens with zero attached hydrogens (tertiary/aromatic N) is 2. The lowest BCUT2D eigenvalue weighted by Crippen LogP contribution is -1.96. The van der Waals surface area contributed by atoms with Crippen LogP contribution in [0.5, 0.6) is 5.88 Å². The first kappa shape index (κ1) is 12.3. The molecule has 1 aromatic rings. The minimum Gasteiger partial charge on any atom is -0.476 e. The fraction of sp³-hybridized carbons (Fsp3) is 0.600. The first-order valence-electron chi connectivity index (χ1n) is 4.98. The second-order valence-corrected chi connectivity index (χ2v) is 5.10. The second kappa shape index (κ2) is 6.70. The van der Waals surface area contributed by atoms with Crippen molar-refractivity contribution in [1.29, 1.82) is 5.26 Å². The number of ether oxygens (including phenoxy) is 1. The van der Waals surface area contributed by atoms with E-state index < -0.39 is 0 Å². The quantitative estimate of drug-likeness (QED) is 0.718. The number of aromatic nitrogens is 1. The van der Waals surface area contributed by atoms with Crippen molar-refractivity contribution < 1.29 is 4.74 Å². The van der Waals surface area contributed by atoms with Gasteiger partial charge in [0, 0.05) is 0 Å². The van der Waals surface area contributed by atoms with Gasteiger partial charge in [0.05, 0.1) is 6.61 Å². The number of rotatable bonds is 6. The topological polar surface area (TPSA) is 45.9 Å². The zero-order valence-corrected chi connectivity index (χ0v) is 10.6. The van der Waals surface area contributed by atoms with E-state index in [1.807, 2.05) is 6.92 Å². The Bertz CT molecular complexity index is 318. The molecule has 0 saturated heterocycles. The van der Waals surface area contributed by atoms with Crippen molar-refractivity contribution in [2.24, 2.45) is 0 Å². The standard InChI is InChI=1S/C10H14N2OS2/c1-3-5-13-9-8(7-11)10(15-12-9)14-6-4-2/h3-6H2,1-2H3. The van der Waals surface area contributed by atoms with Gasteiger partial charge in [0.15, 0.2) is 0 Å². The van der Waals surface area contributed by atoms with Gasteiger partial charge in [0.2, 0.25) is 5.88 Å². The third-order valence-electron chi connectivity index (χ3n) is 1.62. The van der Waals surface area contributed by atoms with Gasteiger partial charge >= 0.3 is 0 Å². The third-order valence-corrected chi connectivity index (χ3v) is 3.90. The minimum atomic E-state index is 0.503. The number of hydrogen-bond donors (Lipinski definition) is 0. The predicted molar refractivity (Wildman–Crippen MR) is 63.6 cm³/mol. The maximum atomic E-state index is 9.01. The molecule has 0 bridgehead atoms. The highest BCUT2D eigenvalue weighted by Crippen LogP contribution is 2.33. The summed E-state index contributed by atoms with van der Waals surface area (Å²) in [7, 11) is 0. The van der Waals surface area contributed by atoms with Gasteiger partial charge in [-0.15, -0.1) is 11.8 Å². The number of thioether (sulfide) groups is 1. The van der Waals surface area contributed by atoms with Gasteiger partial charge in [0.1, 0.15) is 15.8 Å². The minimum absolute atomic E-state index is 0.503. The van der Waals surface area contributed by atoms with Crippen LogP contribution in [0, 0.1) is 11.3 Å². The van der Waals surface area contributed by atoms with Crippen LogP contribution in [0.4, 0.5) is 0 Å². The zero-order valence-electron chi connectivity index (χ0n) is 8.95. The van der Waals surface area contributed by atoms with Gasteiger partial charge in [-0.2, -0.15) is 9.64 Å². The molecular formula is C10H14N2OS2. The van der Waals surface area contributed by atoms with E-state index >= 15 is 0 Å². The number of nitriles is 1. The van der Waals surface area contributed by atoms with Crippen molar-refractivity contribution >= 4 is 23.3 Å². The van der Waals surface area contributed by atoms with Crippen LogP contribution in [-0.4, -0.2) is 16.7 Å². The number of hydrogen-bond acceptors (Lipinski definition) is 5. The molecule has 15 heavy (non-hydrogen) atoms. The summed E-state index contributed by atoms with van der Waals surface area (Å²) >= 11 is 3.04. The van der Waals surface area contributed by atoms with Gasteiger partial charge in [-0.25, -0.2) is 0 Å². The molecule has 0 fully saturated rings. The van der Waals surface area contributed by atoms with E-state index in [1.165, 1.54) is 11.5 Å². The van der Waals surface area contributed by atoms with E-state index in [0.29, 0.717) is 18.1 Å². The van der Waals surface area contributed by atoms with Crippen molar-refractivity contribution in [1.82, 2.24) is 4.37 Å². The molecule has 0 unspecified atom stereocenters. The van der Waals surface area contributed by atoms with Crippen LogP contribution in [-0.2, 0) is 0 Å². The maximum absolute atomic E-state index is 9.01. The molecule has 5 heteroatoms. The molecule has 1 rings (SSSR count). The molecule has 3 nitrogen and oxygen atoms in total. The molecule has 0 aliphatic heterocycles.